The Morgan fingerprint density at radius 3 is 2.38 bits per heavy atom. The van der Waals surface area contributed by atoms with Gasteiger partial charge in [0.15, 0.2) is 5.60 Å². The van der Waals surface area contributed by atoms with E-state index in [2.05, 4.69) is 9.99 Å². The molecular weight excluding hydrogens is 323 g/mol. The van der Waals surface area contributed by atoms with E-state index in [1.54, 1.807) is 30.3 Å². The SMILES string of the molecule is COC1(C(F)(F)F)C=CC(C(=NOC(C)=O)c2ccccc2)=CC1. The van der Waals surface area contributed by atoms with Gasteiger partial charge in [0.1, 0.15) is 5.71 Å². The summed E-state index contributed by atoms with van der Waals surface area (Å²) in [6.07, 6.45) is -1.35. The highest BCUT2D eigenvalue weighted by molar-refractivity contribution is 6.14. The quantitative estimate of drug-likeness (QED) is 0.476. The van der Waals surface area contributed by atoms with Crippen molar-refractivity contribution in [2.24, 2.45) is 5.16 Å². The predicted molar refractivity (Wildman–Crippen MR) is 82.4 cm³/mol. The van der Waals surface area contributed by atoms with E-state index < -0.39 is 24.2 Å². The Kier molecular flexibility index (Phi) is 5.23. The Morgan fingerprint density at radius 2 is 1.92 bits per heavy atom. The molecule has 1 atom stereocenters. The lowest BCUT2D eigenvalue weighted by molar-refractivity contribution is -0.248. The van der Waals surface area contributed by atoms with E-state index in [9.17, 15) is 18.0 Å². The summed E-state index contributed by atoms with van der Waals surface area (Å²) in [6, 6.07) is 8.73. The lowest BCUT2D eigenvalue weighted by atomic mass is 9.88. The highest BCUT2D eigenvalue weighted by Crippen LogP contribution is 2.40. The van der Waals surface area contributed by atoms with Crippen molar-refractivity contribution in [3.05, 3.63) is 59.7 Å². The molecule has 1 aliphatic rings. The van der Waals surface area contributed by atoms with E-state index in [0.29, 0.717) is 11.1 Å². The van der Waals surface area contributed by atoms with E-state index in [0.717, 1.165) is 13.2 Å². The molecule has 0 saturated carbocycles. The molecule has 2 rings (SSSR count). The number of ether oxygens (including phenoxy) is 1. The van der Waals surface area contributed by atoms with Crippen LogP contribution in [0.25, 0.3) is 0 Å². The molecule has 0 bridgehead atoms. The number of allylic oxidation sites excluding steroid dienone is 2. The van der Waals surface area contributed by atoms with Crippen molar-refractivity contribution in [1.82, 2.24) is 0 Å². The molecule has 0 heterocycles. The van der Waals surface area contributed by atoms with Crippen LogP contribution in [0, 0.1) is 0 Å². The Hall–Kier alpha value is -2.41. The number of oxime groups is 1. The zero-order valence-electron chi connectivity index (χ0n) is 13.1. The fraction of sp³-hybridized carbons (Fsp3) is 0.294. The highest BCUT2D eigenvalue weighted by atomic mass is 19.4. The van der Waals surface area contributed by atoms with Gasteiger partial charge in [0.2, 0.25) is 0 Å². The van der Waals surface area contributed by atoms with E-state index in [1.807, 2.05) is 0 Å². The number of carbonyl (C=O) groups is 1. The second-order valence-corrected chi connectivity index (χ2v) is 5.18. The molecule has 4 nitrogen and oxygen atoms in total. The minimum absolute atomic E-state index is 0.272. The van der Waals surface area contributed by atoms with Crippen LogP contribution < -0.4 is 0 Å². The first-order chi connectivity index (χ1) is 11.3. The molecule has 0 fully saturated rings. The zero-order valence-corrected chi connectivity index (χ0v) is 13.1. The summed E-state index contributed by atoms with van der Waals surface area (Å²) in [5, 5.41) is 3.78. The summed E-state index contributed by atoms with van der Waals surface area (Å²) in [5.41, 5.74) is -1.06. The summed E-state index contributed by atoms with van der Waals surface area (Å²) in [7, 11) is 1.02. The van der Waals surface area contributed by atoms with Gasteiger partial charge in [-0.15, -0.1) is 0 Å². The maximum atomic E-state index is 13.2. The van der Waals surface area contributed by atoms with Crippen LogP contribution in [0.2, 0.25) is 0 Å². The van der Waals surface area contributed by atoms with Crippen LogP contribution in [0.1, 0.15) is 18.9 Å². The number of nitrogens with zero attached hydrogens (tertiary/aromatic N) is 1. The van der Waals surface area contributed by atoms with Gasteiger partial charge < -0.3 is 9.57 Å². The molecule has 0 radical (unpaired) electrons. The number of hydrogen-bond donors (Lipinski definition) is 0. The van der Waals surface area contributed by atoms with Crippen LogP contribution in [0.4, 0.5) is 13.2 Å². The summed E-state index contributed by atoms with van der Waals surface area (Å²) in [5.74, 6) is -0.620. The third-order valence-electron chi connectivity index (χ3n) is 3.59. The molecule has 1 aliphatic carbocycles. The Morgan fingerprint density at radius 1 is 1.25 bits per heavy atom. The third-order valence-corrected chi connectivity index (χ3v) is 3.59. The Labute approximate surface area is 137 Å². The Balaban J connectivity index is 2.37. The number of carbonyl (C=O) groups excluding carboxylic acids is 1. The van der Waals surface area contributed by atoms with Gasteiger partial charge in [-0.25, -0.2) is 4.79 Å². The second-order valence-electron chi connectivity index (χ2n) is 5.18. The van der Waals surface area contributed by atoms with E-state index in [1.165, 1.54) is 19.1 Å². The largest absolute Gasteiger partial charge is 0.421 e. The predicted octanol–water partition coefficient (Wildman–Crippen LogP) is 3.79. The van der Waals surface area contributed by atoms with Crippen LogP contribution in [-0.4, -0.2) is 30.6 Å². The van der Waals surface area contributed by atoms with E-state index in [-0.39, 0.29) is 5.71 Å². The van der Waals surface area contributed by atoms with Gasteiger partial charge in [-0.1, -0.05) is 47.6 Å². The number of halogens is 3. The van der Waals surface area contributed by atoms with Gasteiger partial charge >= 0.3 is 12.1 Å². The summed E-state index contributed by atoms with van der Waals surface area (Å²) in [6.45, 7) is 1.19. The van der Waals surface area contributed by atoms with Gasteiger partial charge in [-0.3, -0.25) is 0 Å². The molecule has 1 aromatic carbocycles. The van der Waals surface area contributed by atoms with Gasteiger partial charge in [0, 0.05) is 31.6 Å². The van der Waals surface area contributed by atoms with Crippen molar-refractivity contribution < 1.29 is 27.5 Å². The molecule has 1 unspecified atom stereocenters. The van der Waals surface area contributed by atoms with Gasteiger partial charge in [0.25, 0.3) is 0 Å². The maximum absolute atomic E-state index is 13.2. The minimum Gasteiger partial charge on any atom is -0.364 e. The highest BCUT2D eigenvalue weighted by Gasteiger charge is 2.53. The number of benzene rings is 1. The molecule has 0 saturated heterocycles. The molecule has 7 heteroatoms. The first-order valence-corrected chi connectivity index (χ1v) is 7.12. The molecule has 128 valence electrons. The lowest BCUT2D eigenvalue weighted by Gasteiger charge is -2.32. The average Bonchev–Trinajstić information content (AvgIpc) is 2.55. The molecule has 0 amide bonds. The summed E-state index contributed by atoms with van der Waals surface area (Å²) >= 11 is 0. The molecular formula is C17H16F3NO3. The first kappa shape index (κ1) is 17.9. The van der Waals surface area contributed by atoms with Crippen LogP contribution in [0.3, 0.4) is 0 Å². The Bertz CT molecular complexity index is 693. The van der Waals surface area contributed by atoms with Gasteiger partial charge in [-0.2, -0.15) is 13.2 Å². The van der Waals surface area contributed by atoms with Crippen molar-refractivity contribution in [3.8, 4) is 0 Å². The van der Waals surface area contributed by atoms with Crippen LogP contribution >= 0.6 is 0 Å². The molecule has 0 aliphatic heterocycles. The van der Waals surface area contributed by atoms with Crippen LogP contribution in [-0.2, 0) is 14.4 Å². The molecule has 0 N–H and O–H groups in total. The third kappa shape index (κ3) is 3.73. The number of methoxy groups -OCH3 is 1. The zero-order chi connectivity index (χ0) is 17.8. The fourth-order valence-corrected chi connectivity index (χ4v) is 2.25. The number of alkyl halides is 3. The van der Waals surface area contributed by atoms with Crippen molar-refractivity contribution >= 4 is 11.7 Å². The maximum Gasteiger partial charge on any atom is 0.421 e. The van der Waals surface area contributed by atoms with Crippen molar-refractivity contribution in [1.29, 1.82) is 0 Å². The lowest BCUT2D eigenvalue weighted by Crippen LogP contribution is -2.45. The standard InChI is InChI=1S/C17H16F3NO3/c1-12(22)24-21-15(13-6-4-3-5-7-13)14-8-10-16(23-2,11-9-14)17(18,19)20/h3-10H,11H2,1-2H3. The molecule has 0 spiro atoms. The first-order valence-electron chi connectivity index (χ1n) is 7.12. The number of rotatable bonds is 4. The van der Waals surface area contributed by atoms with Gasteiger partial charge in [-0.05, 0) is 6.08 Å². The van der Waals surface area contributed by atoms with Gasteiger partial charge in [0.05, 0.1) is 0 Å². The van der Waals surface area contributed by atoms with Crippen LogP contribution in [0.15, 0.2) is 59.3 Å². The monoisotopic (exact) mass is 339 g/mol. The molecule has 1 aromatic rings. The summed E-state index contributed by atoms with van der Waals surface area (Å²) < 4.78 is 44.3. The second kappa shape index (κ2) is 7.00. The molecule has 24 heavy (non-hydrogen) atoms. The van der Waals surface area contributed by atoms with Crippen molar-refractivity contribution in [2.45, 2.75) is 25.1 Å². The normalized spacial score (nSPS) is 21.4. The van der Waals surface area contributed by atoms with E-state index in [4.69, 9.17) is 4.74 Å². The van der Waals surface area contributed by atoms with Crippen molar-refractivity contribution in [2.75, 3.05) is 7.11 Å². The number of hydrogen-bond acceptors (Lipinski definition) is 4. The van der Waals surface area contributed by atoms with Crippen molar-refractivity contribution in [3.63, 3.8) is 0 Å². The smallest absolute Gasteiger partial charge is 0.364 e. The topological polar surface area (TPSA) is 47.9 Å². The summed E-state index contributed by atoms with van der Waals surface area (Å²) in [4.78, 5) is 15.7. The molecule has 0 aromatic heterocycles. The average molecular weight is 339 g/mol. The van der Waals surface area contributed by atoms with Crippen LogP contribution in [0.5, 0.6) is 0 Å². The minimum atomic E-state index is -4.54. The fourth-order valence-electron chi connectivity index (χ4n) is 2.25. The van der Waals surface area contributed by atoms with E-state index >= 15 is 0 Å².